The number of rotatable bonds is 3. The monoisotopic (exact) mass is 391 g/mol. The summed E-state index contributed by atoms with van der Waals surface area (Å²) >= 11 is 8.73. The third kappa shape index (κ3) is 5.01. The number of para-hydroxylation sites is 1. The van der Waals surface area contributed by atoms with E-state index in [-0.39, 0.29) is 11.7 Å². The number of nitrogens with zero attached hydrogens (tertiary/aromatic N) is 1. The van der Waals surface area contributed by atoms with Crippen LogP contribution in [0.1, 0.15) is 15.9 Å². The predicted octanol–water partition coefficient (Wildman–Crippen LogP) is 3.77. The summed E-state index contributed by atoms with van der Waals surface area (Å²) in [5.74, 6) is 0.328. The number of carbonyl (C=O) groups excluding carboxylic acids is 2. The van der Waals surface area contributed by atoms with E-state index in [4.69, 9.17) is 11.6 Å². The molecular formula is C17H14ClN3O2S2. The van der Waals surface area contributed by atoms with Crippen LogP contribution < -0.4 is 10.9 Å². The topological polar surface area (TPSA) is 70.6 Å². The number of hydrogen-bond donors (Lipinski definition) is 2. The Hall–Kier alpha value is -1.96. The highest BCUT2D eigenvalue weighted by Crippen LogP contribution is 2.34. The Kier molecular flexibility index (Phi) is 6.01. The third-order valence-corrected chi connectivity index (χ3v) is 5.80. The number of hydrogen-bond acceptors (Lipinski definition) is 5. The van der Waals surface area contributed by atoms with Crippen LogP contribution in [0.25, 0.3) is 0 Å². The molecule has 0 bridgehead atoms. The lowest BCUT2D eigenvalue weighted by atomic mass is 10.2. The van der Waals surface area contributed by atoms with Gasteiger partial charge in [0.15, 0.2) is 0 Å². The van der Waals surface area contributed by atoms with Crippen LogP contribution in [-0.2, 0) is 10.5 Å². The average molecular weight is 392 g/mol. The summed E-state index contributed by atoms with van der Waals surface area (Å²) in [5.41, 5.74) is 7.33. The Morgan fingerprint density at radius 1 is 1.12 bits per heavy atom. The Morgan fingerprint density at radius 2 is 1.88 bits per heavy atom. The van der Waals surface area contributed by atoms with Crippen molar-refractivity contribution < 1.29 is 9.59 Å². The molecule has 5 nitrogen and oxygen atoms in total. The van der Waals surface area contributed by atoms with Crippen LogP contribution >= 0.6 is 35.1 Å². The molecule has 1 aliphatic heterocycles. The van der Waals surface area contributed by atoms with Gasteiger partial charge in [-0.3, -0.25) is 20.4 Å². The van der Waals surface area contributed by atoms with Crippen LogP contribution in [0, 0.1) is 0 Å². The van der Waals surface area contributed by atoms with Crippen LogP contribution in [0.4, 0.5) is 5.69 Å². The van der Waals surface area contributed by atoms with Gasteiger partial charge in [0.1, 0.15) is 4.38 Å². The van der Waals surface area contributed by atoms with E-state index in [1.54, 1.807) is 36.0 Å². The number of amides is 2. The van der Waals surface area contributed by atoms with Crippen molar-refractivity contribution in [1.82, 2.24) is 10.9 Å². The molecule has 8 heteroatoms. The minimum absolute atomic E-state index is 0.175. The SMILES string of the molecule is O=C(CSC1=Nc2ccccc2CS1)NNC(=O)c1ccc(Cl)cc1. The van der Waals surface area contributed by atoms with Crippen LogP contribution in [-0.4, -0.2) is 21.9 Å². The van der Waals surface area contributed by atoms with Gasteiger partial charge in [-0.2, -0.15) is 0 Å². The molecule has 1 aliphatic rings. The van der Waals surface area contributed by atoms with Crippen LogP contribution in [0.2, 0.25) is 5.02 Å². The molecule has 2 aromatic carbocycles. The second-order valence-corrected chi connectivity index (χ2v) is 7.72. The zero-order valence-corrected chi connectivity index (χ0v) is 15.4. The fraction of sp³-hybridized carbons (Fsp3) is 0.118. The van der Waals surface area contributed by atoms with E-state index in [2.05, 4.69) is 15.8 Å². The molecule has 0 atom stereocenters. The van der Waals surface area contributed by atoms with Crippen molar-refractivity contribution in [3.05, 3.63) is 64.7 Å². The highest BCUT2D eigenvalue weighted by molar-refractivity contribution is 8.38. The minimum Gasteiger partial charge on any atom is -0.272 e. The first-order valence-electron chi connectivity index (χ1n) is 7.39. The molecule has 2 amide bonds. The van der Waals surface area contributed by atoms with Gasteiger partial charge in [-0.15, -0.1) is 0 Å². The molecule has 0 unspecified atom stereocenters. The molecule has 2 N–H and O–H groups in total. The van der Waals surface area contributed by atoms with Gasteiger partial charge in [-0.05, 0) is 35.9 Å². The second-order valence-electron chi connectivity index (χ2n) is 5.09. The second kappa shape index (κ2) is 8.42. The van der Waals surface area contributed by atoms with Crippen LogP contribution in [0.3, 0.4) is 0 Å². The van der Waals surface area contributed by atoms with Gasteiger partial charge >= 0.3 is 0 Å². The molecule has 0 fully saturated rings. The van der Waals surface area contributed by atoms with E-state index in [1.165, 1.54) is 17.3 Å². The standard InChI is InChI=1S/C17H14ClN3O2S2/c18-13-7-5-11(6-8-13)16(23)21-20-15(22)10-25-17-19-14-4-2-1-3-12(14)9-24-17/h1-8H,9-10H2,(H,20,22)(H,21,23). The zero-order valence-electron chi connectivity index (χ0n) is 13.0. The Labute approximate surface area is 158 Å². The van der Waals surface area contributed by atoms with E-state index in [0.29, 0.717) is 10.6 Å². The summed E-state index contributed by atoms with van der Waals surface area (Å²) < 4.78 is 0.845. The van der Waals surface area contributed by atoms with E-state index >= 15 is 0 Å². The molecule has 0 aromatic heterocycles. The number of aliphatic imine (C=N–C) groups is 1. The van der Waals surface area contributed by atoms with E-state index < -0.39 is 5.91 Å². The van der Waals surface area contributed by atoms with Crippen molar-refractivity contribution >= 4 is 57.0 Å². The lowest BCUT2D eigenvalue weighted by molar-refractivity contribution is -0.119. The van der Waals surface area contributed by atoms with E-state index in [1.807, 2.05) is 24.3 Å². The summed E-state index contributed by atoms with van der Waals surface area (Å²) in [6.07, 6.45) is 0. The van der Waals surface area contributed by atoms with Crippen molar-refractivity contribution in [3.63, 3.8) is 0 Å². The fourth-order valence-electron chi connectivity index (χ4n) is 2.05. The minimum atomic E-state index is -0.395. The Morgan fingerprint density at radius 3 is 2.68 bits per heavy atom. The first-order valence-corrected chi connectivity index (χ1v) is 9.74. The largest absolute Gasteiger partial charge is 0.272 e. The molecule has 25 heavy (non-hydrogen) atoms. The van der Waals surface area contributed by atoms with Crippen LogP contribution in [0.5, 0.6) is 0 Å². The third-order valence-electron chi connectivity index (χ3n) is 3.30. The molecule has 2 aromatic rings. The summed E-state index contributed by atoms with van der Waals surface area (Å²) in [6.45, 7) is 0. The van der Waals surface area contributed by atoms with E-state index in [9.17, 15) is 9.59 Å². The molecule has 128 valence electrons. The van der Waals surface area contributed by atoms with Gasteiger partial charge in [0.25, 0.3) is 5.91 Å². The maximum atomic E-state index is 11.9. The molecule has 0 saturated carbocycles. The molecule has 0 spiro atoms. The van der Waals surface area contributed by atoms with Gasteiger partial charge in [0, 0.05) is 16.3 Å². The quantitative estimate of drug-likeness (QED) is 0.781. The van der Waals surface area contributed by atoms with Gasteiger partial charge in [0.05, 0.1) is 11.4 Å². The van der Waals surface area contributed by atoms with Gasteiger partial charge < -0.3 is 0 Å². The number of halogens is 1. The van der Waals surface area contributed by atoms with Gasteiger partial charge in [0.2, 0.25) is 5.91 Å². The van der Waals surface area contributed by atoms with Gasteiger partial charge in [-0.25, -0.2) is 4.99 Å². The fourth-order valence-corrected chi connectivity index (χ4v) is 4.04. The van der Waals surface area contributed by atoms with Crippen molar-refractivity contribution in [2.24, 2.45) is 4.99 Å². The Balaban J connectivity index is 1.46. The van der Waals surface area contributed by atoms with Crippen molar-refractivity contribution in [3.8, 4) is 0 Å². The molecular weight excluding hydrogens is 378 g/mol. The molecule has 3 rings (SSSR count). The molecule has 0 saturated heterocycles. The lowest BCUT2D eigenvalue weighted by Crippen LogP contribution is -2.42. The van der Waals surface area contributed by atoms with Gasteiger partial charge in [-0.1, -0.05) is 53.3 Å². The smallest absolute Gasteiger partial charge is 0.269 e. The highest BCUT2D eigenvalue weighted by atomic mass is 35.5. The first kappa shape index (κ1) is 17.8. The number of hydrazine groups is 1. The predicted molar refractivity (Wildman–Crippen MR) is 104 cm³/mol. The Bertz CT molecular complexity index is 825. The van der Waals surface area contributed by atoms with Crippen molar-refractivity contribution in [2.75, 3.05) is 5.75 Å². The molecule has 0 aliphatic carbocycles. The summed E-state index contributed by atoms with van der Waals surface area (Å²) in [4.78, 5) is 28.3. The first-order chi connectivity index (χ1) is 12.1. The van der Waals surface area contributed by atoms with Crippen molar-refractivity contribution in [1.29, 1.82) is 0 Å². The lowest BCUT2D eigenvalue weighted by Gasteiger charge is -2.14. The van der Waals surface area contributed by atoms with Crippen molar-refractivity contribution in [2.45, 2.75) is 5.75 Å². The number of benzene rings is 2. The normalized spacial score (nSPS) is 12.8. The number of fused-ring (bicyclic) bond motifs is 1. The maximum Gasteiger partial charge on any atom is 0.269 e. The number of carbonyl (C=O) groups is 2. The average Bonchev–Trinajstić information content (AvgIpc) is 2.65. The maximum absolute atomic E-state index is 11.9. The summed E-state index contributed by atoms with van der Waals surface area (Å²) in [5, 5.41) is 0.546. The number of nitrogens with one attached hydrogen (secondary N) is 2. The zero-order chi connectivity index (χ0) is 17.6. The summed E-state index contributed by atoms with van der Waals surface area (Å²) in [6, 6.07) is 14.3. The molecule has 1 heterocycles. The number of thioether (sulfide) groups is 2. The van der Waals surface area contributed by atoms with Crippen LogP contribution in [0.15, 0.2) is 53.5 Å². The molecule has 0 radical (unpaired) electrons. The van der Waals surface area contributed by atoms with E-state index in [0.717, 1.165) is 15.8 Å². The highest BCUT2D eigenvalue weighted by Gasteiger charge is 2.14. The summed E-state index contributed by atoms with van der Waals surface area (Å²) in [7, 11) is 0.